The van der Waals surface area contributed by atoms with E-state index in [1.54, 1.807) is 11.3 Å². The Hall–Kier alpha value is -1.91. The molecule has 1 aromatic heterocycles. The highest BCUT2D eigenvalue weighted by molar-refractivity contribution is 7.09. The van der Waals surface area contributed by atoms with Crippen molar-refractivity contribution in [3.05, 3.63) is 16.1 Å². The third-order valence-electron chi connectivity index (χ3n) is 6.85. The number of piperidine rings is 1. The number of carbonyl (C=O) groups is 2. The minimum absolute atomic E-state index is 0.00220. The number of aromatic nitrogens is 1. The number of hydrogen-bond acceptors (Lipinski definition) is 6. The molecule has 4 N–H and O–H groups in total. The van der Waals surface area contributed by atoms with E-state index in [-0.39, 0.29) is 37.2 Å². The summed E-state index contributed by atoms with van der Waals surface area (Å²) in [6, 6.07) is 0.138. The van der Waals surface area contributed by atoms with Crippen LogP contribution >= 0.6 is 11.3 Å². The van der Waals surface area contributed by atoms with Crippen LogP contribution in [0.1, 0.15) is 68.2 Å². The van der Waals surface area contributed by atoms with Gasteiger partial charge in [-0.3, -0.25) is 0 Å². The minimum Gasteiger partial charge on any atom is -0.465 e. The maximum Gasteiger partial charge on any atom is 0.404 e. The van der Waals surface area contributed by atoms with Crippen LogP contribution in [0.5, 0.6) is 0 Å². The number of thiazole rings is 1. The van der Waals surface area contributed by atoms with E-state index in [1.807, 2.05) is 24.3 Å². The lowest BCUT2D eigenvalue weighted by molar-refractivity contribution is -0.00867. The molecular formula is C24H41N5O4S. The molecule has 3 unspecified atom stereocenters. The molecule has 2 fully saturated rings. The first kappa shape index (κ1) is 26.7. The van der Waals surface area contributed by atoms with E-state index in [2.05, 4.69) is 20.9 Å². The van der Waals surface area contributed by atoms with E-state index in [0.29, 0.717) is 12.5 Å². The van der Waals surface area contributed by atoms with Crippen LogP contribution in [0.3, 0.4) is 0 Å². The van der Waals surface area contributed by atoms with E-state index in [0.717, 1.165) is 43.1 Å². The average molecular weight is 496 g/mol. The molecule has 34 heavy (non-hydrogen) atoms. The van der Waals surface area contributed by atoms with Gasteiger partial charge in [-0.25, -0.2) is 14.6 Å². The Bertz CT molecular complexity index is 770. The van der Waals surface area contributed by atoms with Crippen LogP contribution in [0.2, 0.25) is 0 Å². The highest BCUT2D eigenvalue weighted by Gasteiger charge is 2.33. The summed E-state index contributed by atoms with van der Waals surface area (Å²) in [5, 5.41) is 20.6. The molecule has 1 aliphatic heterocycles. The van der Waals surface area contributed by atoms with Crippen molar-refractivity contribution in [2.75, 3.05) is 39.8 Å². The number of hydrogen-bond donors (Lipinski definition) is 4. The van der Waals surface area contributed by atoms with Gasteiger partial charge >= 0.3 is 12.1 Å². The SMILES string of the molecule is CNCC(CC1CCCCC1)NC(=O)N1CCCC(C(OCCNC(=O)O)c2nc(C)cs2)C1. The molecule has 3 amide bonds. The van der Waals surface area contributed by atoms with Crippen molar-refractivity contribution in [1.82, 2.24) is 25.8 Å². The zero-order valence-electron chi connectivity index (χ0n) is 20.6. The third-order valence-corrected chi connectivity index (χ3v) is 7.87. The van der Waals surface area contributed by atoms with Gasteiger partial charge in [0, 0.05) is 49.2 Å². The Kier molecular flexibility index (Phi) is 10.9. The second-order valence-electron chi connectivity index (χ2n) is 9.64. The van der Waals surface area contributed by atoms with Crippen LogP contribution in [-0.4, -0.2) is 73.0 Å². The highest BCUT2D eigenvalue weighted by atomic mass is 32.1. The lowest BCUT2D eigenvalue weighted by Crippen LogP contribution is -2.52. The predicted octanol–water partition coefficient (Wildman–Crippen LogP) is 3.76. The van der Waals surface area contributed by atoms with Gasteiger partial charge in [-0.2, -0.15) is 0 Å². The minimum atomic E-state index is -1.06. The number of nitrogens with one attached hydrogen (secondary N) is 3. The number of carboxylic acid groups (broad SMARTS) is 1. The van der Waals surface area contributed by atoms with Gasteiger partial charge in [0.05, 0.1) is 6.61 Å². The summed E-state index contributed by atoms with van der Waals surface area (Å²) in [7, 11) is 1.94. The molecule has 0 radical (unpaired) electrons. The van der Waals surface area contributed by atoms with Gasteiger partial charge in [0.2, 0.25) is 0 Å². The number of likely N-dealkylation sites (tertiary alicyclic amines) is 1. The molecular weight excluding hydrogens is 454 g/mol. The Morgan fingerprint density at radius 2 is 2.06 bits per heavy atom. The number of aryl methyl sites for hydroxylation is 1. The number of amides is 3. The molecule has 3 rings (SSSR count). The Balaban J connectivity index is 1.59. The summed E-state index contributed by atoms with van der Waals surface area (Å²) in [5.74, 6) is 0.822. The van der Waals surface area contributed by atoms with Crippen molar-refractivity contribution in [2.45, 2.75) is 70.4 Å². The summed E-state index contributed by atoms with van der Waals surface area (Å²) in [4.78, 5) is 30.5. The zero-order chi connectivity index (χ0) is 24.3. The van der Waals surface area contributed by atoms with Crippen LogP contribution in [0.4, 0.5) is 9.59 Å². The van der Waals surface area contributed by atoms with Crippen molar-refractivity contribution in [3.8, 4) is 0 Å². The molecule has 2 heterocycles. The van der Waals surface area contributed by atoms with Gasteiger partial charge in [-0.15, -0.1) is 11.3 Å². The summed E-state index contributed by atoms with van der Waals surface area (Å²) in [6.07, 6.45) is 8.06. The predicted molar refractivity (Wildman–Crippen MR) is 133 cm³/mol. The van der Waals surface area contributed by atoms with E-state index < -0.39 is 6.09 Å². The number of nitrogens with zero attached hydrogens (tertiary/aromatic N) is 2. The van der Waals surface area contributed by atoms with Gasteiger partial charge in [-0.1, -0.05) is 32.1 Å². The number of ether oxygens (including phenoxy) is 1. The molecule has 192 valence electrons. The normalized spacial score (nSPS) is 21.1. The second-order valence-corrected chi connectivity index (χ2v) is 10.5. The standard InChI is InChI=1S/C24H41N5O4S/c1-17-16-34-22(27-17)21(33-12-10-26-24(31)32)19-9-6-11-29(15-19)23(30)28-20(14-25-2)13-18-7-4-3-5-8-18/h16,18-21,25-26H,3-15H2,1-2H3,(H,28,30)(H,31,32). The van der Waals surface area contributed by atoms with Crippen LogP contribution < -0.4 is 16.0 Å². The lowest BCUT2D eigenvalue weighted by Gasteiger charge is -2.37. The Morgan fingerprint density at radius 3 is 2.74 bits per heavy atom. The smallest absolute Gasteiger partial charge is 0.404 e. The quantitative estimate of drug-likeness (QED) is 0.348. The molecule has 2 aliphatic rings. The lowest BCUT2D eigenvalue weighted by atomic mass is 9.85. The molecule has 0 bridgehead atoms. The number of rotatable bonds is 11. The molecule has 0 spiro atoms. The van der Waals surface area contributed by atoms with Gasteiger partial charge in [-0.05, 0) is 39.2 Å². The second kappa shape index (κ2) is 13.8. The van der Waals surface area contributed by atoms with Crippen molar-refractivity contribution < 1.29 is 19.4 Å². The average Bonchev–Trinajstić information content (AvgIpc) is 3.25. The van der Waals surface area contributed by atoms with E-state index >= 15 is 0 Å². The maximum absolute atomic E-state index is 13.2. The summed E-state index contributed by atoms with van der Waals surface area (Å²) in [6.45, 7) is 4.57. The number of urea groups is 1. The van der Waals surface area contributed by atoms with Crippen molar-refractivity contribution >= 4 is 23.5 Å². The molecule has 1 aliphatic carbocycles. The van der Waals surface area contributed by atoms with Crippen LogP contribution in [0.25, 0.3) is 0 Å². The van der Waals surface area contributed by atoms with Crippen LogP contribution in [-0.2, 0) is 4.74 Å². The van der Waals surface area contributed by atoms with Gasteiger partial charge in [0.1, 0.15) is 11.1 Å². The molecule has 1 aromatic rings. The van der Waals surface area contributed by atoms with Gasteiger partial charge in [0.25, 0.3) is 0 Å². The van der Waals surface area contributed by atoms with E-state index in [9.17, 15) is 9.59 Å². The van der Waals surface area contributed by atoms with Crippen molar-refractivity contribution in [1.29, 1.82) is 0 Å². The zero-order valence-corrected chi connectivity index (χ0v) is 21.4. The Morgan fingerprint density at radius 1 is 1.26 bits per heavy atom. The molecule has 1 saturated carbocycles. The summed E-state index contributed by atoms with van der Waals surface area (Å²) in [5.41, 5.74) is 0.945. The molecule has 3 atom stereocenters. The fourth-order valence-electron chi connectivity index (χ4n) is 5.23. The highest BCUT2D eigenvalue weighted by Crippen LogP contribution is 2.34. The summed E-state index contributed by atoms with van der Waals surface area (Å²) >= 11 is 1.56. The fourth-order valence-corrected chi connectivity index (χ4v) is 6.16. The van der Waals surface area contributed by atoms with Crippen molar-refractivity contribution in [3.63, 3.8) is 0 Å². The van der Waals surface area contributed by atoms with Gasteiger partial charge < -0.3 is 30.7 Å². The fraction of sp³-hybridized carbons (Fsp3) is 0.792. The first-order valence-electron chi connectivity index (χ1n) is 12.7. The topological polar surface area (TPSA) is 116 Å². The number of likely N-dealkylation sites (N-methyl/N-ethyl adjacent to an activating group) is 1. The first-order valence-corrected chi connectivity index (χ1v) is 13.5. The van der Waals surface area contributed by atoms with E-state index in [4.69, 9.17) is 9.84 Å². The largest absolute Gasteiger partial charge is 0.465 e. The third kappa shape index (κ3) is 8.39. The van der Waals surface area contributed by atoms with Crippen LogP contribution in [0.15, 0.2) is 5.38 Å². The summed E-state index contributed by atoms with van der Waals surface area (Å²) < 4.78 is 6.13. The Labute approximate surface area is 207 Å². The molecule has 1 saturated heterocycles. The first-order chi connectivity index (χ1) is 16.5. The van der Waals surface area contributed by atoms with Crippen LogP contribution in [0, 0.1) is 18.8 Å². The number of carbonyl (C=O) groups excluding carboxylic acids is 1. The van der Waals surface area contributed by atoms with Gasteiger partial charge in [0.15, 0.2) is 0 Å². The molecule has 9 nitrogen and oxygen atoms in total. The molecule has 0 aromatic carbocycles. The molecule has 10 heteroatoms. The monoisotopic (exact) mass is 495 g/mol. The maximum atomic E-state index is 13.2. The van der Waals surface area contributed by atoms with Crippen molar-refractivity contribution in [2.24, 2.45) is 11.8 Å². The van der Waals surface area contributed by atoms with E-state index in [1.165, 1.54) is 32.1 Å².